The van der Waals surface area contributed by atoms with Crippen molar-refractivity contribution >= 4 is 23.0 Å². The normalized spacial score (nSPS) is 12.9. The molecule has 0 spiro atoms. The number of nitrogens with one attached hydrogen (secondary N) is 1. The van der Waals surface area contributed by atoms with Crippen molar-refractivity contribution in [3.05, 3.63) is 24.2 Å². The fraction of sp³-hybridized carbons (Fsp3) is 0.308. The molecule has 0 aromatic carbocycles. The van der Waals surface area contributed by atoms with Crippen LogP contribution in [0.5, 0.6) is 5.88 Å². The molecule has 0 aliphatic heterocycles. The Kier molecular flexibility index (Phi) is 4.31. The van der Waals surface area contributed by atoms with Gasteiger partial charge in [0.15, 0.2) is 0 Å². The molecule has 7 heteroatoms. The number of aliphatic hydroxyl groups excluding tert-OH is 1. The van der Waals surface area contributed by atoms with Crippen LogP contribution in [0.1, 0.15) is 12.5 Å². The van der Waals surface area contributed by atoms with Crippen molar-refractivity contribution in [1.29, 1.82) is 0 Å². The molecule has 0 aliphatic carbocycles. The van der Waals surface area contributed by atoms with Gasteiger partial charge in [-0.3, -0.25) is 4.79 Å². The number of rotatable bonds is 6. The van der Waals surface area contributed by atoms with Gasteiger partial charge in [0.25, 0.3) is 0 Å². The lowest BCUT2D eigenvalue weighted by molar-refractivity contribution is -0.113. The molecule has 0 aliphatic rings. The lowest BCUT2D eigenvalue weighted by Crippen LogP contribution is -2.13. The predicted octanol–water partition coefficient (Wildman–Crippen LogP) is 0.464. The summed E-state index contributed by atoms with van der Waals surface area (Å²) in [4.78, 5) is 22.0. The second kappa shape index (κ2) is 6.16. The van der Waals surface area contributed by atoms with Gasteiger partial charge in [0.1, 0.15) is 12.0 Å². The summed E-state index contributed by atoms with van der Waals surface area (Å²) in [5.74, 6) is -0.128. The van der Waals surface area contributed by atoms with Gasteiger partial charge in [0.2, 0.25) is 11.8 Å². The van der Waals surface area contributed by atoms with Gasteiger partial charge >= 0.3 is 0 Å². The van der Waals surface area contributed by atoms with Gasteiger partial charge in [0, 0.05) is 30.4 Å². The molecule has 4 N–H and O–H groups in total. The lowest BCUT2D eigenvalue weighted by Gasteiger charge is -2.10. The number of H-pyrrole nitrogens is 1. The number of nitrogens with two attached hydrogens (primary N) is 1. The first-order valence-electron chi connectivity index (χ1n) is 6.15. The molecule has 20 heavy (non-hydrogen) atoms. The maximum absolute atomic E-state index is 10.8. The van der Waals surface area contributed by atoms with E-state index in [2.05, 4.69) is 15.0 Å². The molecule has 1 amide bonds. The Labute approximate surface area is 115 Å². The summed E-state index contributed by atoms with van der Waals surface area (Å²) in [6.07, 6.45) is 5.92. The Balaban J connectivity index is 2.34. The number of primary amides is 1. The Bertz CT molecular complexity index is 636. The Morgan fingerprint density at radius 3 is 3.10 bits per heavy atom. The minimum absolute atomic E-state index is 0.00330. The van der Waals surface area contributed by atoms with Crippen LogP contribution in [-0.4, -0.2) is 39.2 Å². The van der Waals surface area contributed by atoms with E-state index in [1.807, 2.05) is 6.92 Å². The maximum atomic E-state index is 10.8. The molecule has 106 valence electrons. The highest BCUT2D eigenvalue weighted by Crippen LogP contribution is 2.26. The van der Waals surface area contributed by atoms with Gasteiger partial charge in [-0.2, -0.15) is 0 Å². The van der Waals surface area contributed by atoms with E-state index >= 15 is 0 Å². The van der Waals surface area contributed by atoms with E-state index in [1.54, 1.807) is 12.3 Å². The molecule has 2 aromatic rings. The summed E-state index contributed by atoms with van der Waals surface area (Å²) in [6, 6.07) is 0. The van der Waals surface area contributed by atoms with Gasteiger partial charge in [-0.15, -0.1) is 0 Å². The average molecular weight is 276 g/mol. The summed E-state index contributed by atoms with van der Waals surface area (Å²) in [5.41, 5.74) is 6.40. The number of nitrogens with zero attached hydrogens (tertiary/aromatic N) is 2. The SMILES string of the molecule is CC(CO)COc1ncnc2[nH]cc(C=CC(N)=O)c12. The van der Waals surface area contributed by atoms with E-state index < -0.39 is 5.91 Å². The Morgan fingerprint density at radius 2 is 2.40 bits per heavy atom. The smallest absolute Gasteiger partial charge is 0.241 e. The topological polar surface area (TPSA) is 114 Å². The minimum Gasteiger partial charge on any atom is -0.477 e. The number of aromatic amines is 1. The minimum atomic E-state index is -0.535. The molecular formula is C13H16N4O3. The third kappa shape index (κ3) is 3.12. The quantitative estimate of drug-likeness (QED) is 0.663. The van der Waals surface area contributed by atoms with Gasteiger partial charge in [-0.05, 0) is 6.08 Å². The zero-order valence-corrected chi connectivity index (χ0v) is 11.0. The first kappa shape index (κ1) is 14.0. The summed E-state index contributed by atoms with van der Waals surface area (Å²) in [6.45, 7) is 2.24. The number of aromatic nitrogens is 3. The van der Waals surface area contributed by atoms with Crippen LogP contribution < -0.4 is 10.5 Å². The highest BCUT2D eigenvalue weighted by atomic mass is 16.5. The molecule has 0 saturated heterocycles. The molecule has 0 saturated carbocycles. The van der Waals surface area contributed by atoms with Crippen molar-refractivity contribution in [3.8, 4) is 5.88 Å². The third-order valence-electron chi connectivity index (χ3n) is 2.71. The molecule has 2 rings (SSSR count). The summed E-state index contributed by atoms with van der Waals surface area (Å²) < 4.78 is 5.60. The zero-order chi connectivity index (χ0) is 14.5. The molecule has 0 bridgehead atoms. The van der Waals surface area contributed by atoms with E-state index in [4.69, 9.17) is 15.6 Å². The molecule has 2 aromatic heterocycles. The first-order chi connectivity index (χ1) is 9.61. The molecule has 1 unspecified atom stereocenters. The largest absolute Gasteiger partial charge is 0.477 e. The van der Waals surface area contributed by atoms with Crippen LogP contribution in [0.4, 0.5) is 0 Å². The van der Waals surface area contributed by atoms with Crippen LogP contribution in [0.25, 0.3) is 17.1 Å². The van der Waals surface area contributed by atoms with Crippen molar-refractivity contribution in [3.63, 3.8) is 0 Å². The number of carbonyl (C=O) groups is 1. The van der Waals surface area contributed by atoms with Crippen molar-refractivity contribution in [2.45, 2.75) is 6.92 Å². The molecule has 2 heterocycles. The van der Waals surface area contributed by atoms with E-state index in [0.717, 1.165) is 0 Å². The highest BCUT2D eigenvalue weighted by molar-refractivity contribution is 5.96. The molecule has 0 radical (unpaired) electrons. The van der Waals surface area contributed by atoms with Crippen LogP contribution in [-0.2, 0) is 4.79 Å². The van der Waals surface area contributed by atoms with Crippen molar-refractivity contribution < 1.29 is 14.6 Å². The number of fused-ring (bicyclic) bond motifs is 1. The third-order valence-corrected chi connectivity index (χ3v) is 2.71. The number of carbonyl (C=O) groups excluding carboxylic acids is 1. The summed E-state index contributed by atoms with van der Waals surface area (Å²) in [7, 11) is 0. The van der Waals surface area contributed by atoms with E-state index in [1.165, 1.54) is 12.4 Å². The maximum Gasteiger partial charge on any atom is 0.241 e. The van der Waals surface area contributed by atoms with Crippen LogP contribution in [0.2, 0.25) is 0 Å². The Hall–Kier alpha value is -2.41. The molecule has 1 atom stereocenters. The second-order valence-electron chi connectivity index (χ2n) is 4.48. The monoisotopic (exact) mass is 276 g/mol. The van der Waals surface area contributed by atoms with E-state index in [9.17, 15) is 4.79 Å². The number of aliphatic hydroxyl groups is 1. The predicted molar refractivity (Wildman–Crippen MR) is 73.9 cm³/mol. The molecule has 7 nitrogen and oxygen atoms in total. The number of amides is 1. The number of ether oxygens (including phenoxy) is 1. The fourth-order valence-electron chi connectivity index (χ4n) is 1.64. The van der Waals surface area contributed by atoms with Crippen molar-refractivity contribution in [1.82, 2.24) is 15.0 Å². The van der Waals surface area contributed by atoms with Crippen LogP contribution in [0.15, 0.2) is 18.6 Å². The van der Waals surface area contributed by atoms with Gasteiger partial charge in [-0.25, -0.2) is 9.97 Å². The lowest BCUT2D eigenvalue weighted by atomic mass is 10.2. The molecule has 0 fully saturated rings. The second-order valence-corrected chi connectivity index (χ2v) is 4.48. The zero-order valence-electron chi connectivity index (χ0n) is 11.0. The van der Waals surface area contributed by atoms with Gasteiger partial charge < -0.3 is 20.6 Å². The van der Waals surface area contributed by atoms with Crippen LogP contribution in [0, 0.1) is 5.92 Å². The van der Waals surface area contributed by atoms with Crippen molar-refractivity contribution in [2.24, 2.45) is 11.7 Å². The van der Waals surface area contributed by atoms with Gasteiger partial charge in [-0.1, -0.05) is 6.92 Å². The van der Waals surface area contributed by atoms with Crippen LogP contribution >= 0.6 is 0 Å². The standard InChI is InChI=1S/C13H16N4O3/c1-8(5-18)6-20-13-11-9(2-3-10(14)19)4-15-12(11)16-7-17-13/h2-4,7-8,18H,5-6H2,1H3,(H2,14,19)(H,15,16,17). The molecular weight excluding hydrogens is 260 g/mol. The highest BCUT2D eigenvalue weighted by Gasteiger charge is 2.12. The number of hydrogen-bond acceptors (Lipinski definition) is 5. The van der Waals surface area contributed by atoms with E-state index in [-0.39, 0.29) is 12.5 Å². The van der Waals surface area contributed by atoms with Crippen LogP contribution in [0.3, 0.4) is 0 Å². The fourth-order valence-corrected chi connectivity index (χ4v) is 1.64. The summed E-state index contributed by atoms with van der Waals surface area (Å²) in [5, 5.41) is 9.68. The van der Waals surface area contributed by atoms with Gasteiger partial charge in [0.05, 0.1) is 12.0 Å². The average Bonchev–Trinajstić information content (AvgIpc) is 2.86. The number of hydrogen-bond donors (Lipinski definition) is 3. The first-order valence-corrected chi connectivity index (χ1v) is 6.15. The summed E-state index contributed by atoms with van der Waals surface area (Å²) >= 11 is 0. The Morgan fingerprint density at radius 1 is 1.60 bits per heavy atom. The van der Waals surface area contributed by atoms with E-state index in [0.29, 0.717) is 29.1 Å². The van der Waals surface area contributed by atoms with Crippen molar-refractivity contribution in [2.75, 3.05) is 13.2 Å².